The minimum Gasteiger partial charge on any atom is -0.310 e. The molecule has 1 N–H and O–H groups in total. The molecular formula is C9H10N2O2S. The summed E-state index contributed by atoms with van der Waals surface area (Å²) < 4.78 is 0. The van der Waals surface area contributed by atoms with Gasteiger partial charge in [0.25, 0.3) is 0 Å². The summed E-state index contributed by atoms with van der Waals surface area (Å²) in [5, 5.41) is 2.51. The highest BCUT2D eigenvalue weighted by molar-refractivity contribution is 8.14. The molecule has 1 aromatic heterocycles. The Morgan fingerprint density at radius 3 is 2.86 bits per heavy atom. The SMILES string of the molecule is CC(=O)SCC(=O)Nc1ccccn1. The lowest BCUT2D eigenvalue weighted by Gasteiger charge is -2.01. The maximum Gasteiger partial charge on any atom is 0.235 e. The summed E-state index contributed by atoms with van der Waals surface area (Å²) in [5.74, 6) is 0.414. The third kappa shape index (κ3) is 4.04. The zero-order chi connectivity index (χ0) is 10.4. The molecule has 0 fully saturated rings. The third-order valence-electron chi connectivity index (χ3n) is 1.34. The Hall–Kier alpha value is -1.36. The molecule has 1 aromatic rings. The summed E-state index contributed by atoms with van der Waals surface area (Å²) in [4.78, 5) is 25.7. The first-order valence-corrected chi connectivity index (χ1v) is 5.01. The normalized spacial score (nSPS) is 9.50. The van der Waals surface area contributed by atoms with E-state index < -0.39 is 0 Å². The van der Waals surface area contributed by atoms with Crippen molar-refractivity contribution in [3.8, 4) is 0 Å². The summed E-state index contributed by atoms with van der Waals surface area (Å²) >= 11 is 0.980. The van der Waals surface area contributed by atoms with Gasteiger partial charge in [0.2, 0.25) is 5.91 Å². The van der Waals surface area contributed by atoms with E-state index in [4.69, 9.17) is 0 Å². The number of anilines is 1. The second-order valence-electron chi connectivity index (χ2n) is 2.54. The number of carbonyl (C=O) groups excluding carboxylic acids is 2. The summed E-state index contributed by atoms with van der Waals surface area (Å²) in [5.41, 5.74) is 0. The van der Waals surface area contributed by atoms with E-state index >= 15 is 0 Å². The van der Waals surface area contributed by atoms with E-state index in [-0.39, 0.29) is 16.8 Å². The lowest BCUT2D eigenvalue weighted by Crippen LogP contribution is -2.15. The molecule has 1 heterocycles. The minimum absolute atomic E-state index is 0.0684. The predicted octanol–water partition coefficient (Wildman–Crippen LogP) is 1.30. The number of nitrogens with zero attached hydrogens (tertiary/aromatic N) is 1. The predicted molar refractivity (Wildman–Crippen MR) is 56.0 cm³/mol. The smallest absolute Gasteiger partial charge is 0.235 e. The molecule has 0 aromatic carbocycles. The molecule has 0 aliphatic carbocycles. The maximum atomic E-state index is 11.2. The van der Waals surface area contributed by atoms with Crippen molar-refractivity contribution in [1.29, 1.82) is 0 Å². The van der Waals surface area contributed by atoms with Gasteiger partial charge >= 0.3 is 0 Å². The van der Waals surface area contributed by atoms with Crippen molar-refractivity contribution in [2.75, 3.05) is 11.1 Å². The summed E-state index contributed by atoms with van der Waals surface area (Å²) in [6, 6.07) is 5.23. The van der Waals surface area contributed by atoms with Gasteiger partial charge in [0, 0.05) is 13.1 Å². The van der Waals surface area contributed by atoms with Gasteiger partial charge in [0.05, 0.1) is 5.75 Å². The molecule has 0 radical (unpaired) electrons. The van der Waals surface area contributed by atoms with Gasteiger partial charge in [0.1, 0.15) is 5.82 Å². The number of thioether (sulfide) groups is 1. The lowest BCUT2D eigenvalue weighted by molar-refractivity contribution is -0.114. The first-order valence-electron chi connectivity index (χ1n) is 4.03. The molecule has 1 amide bonds. The van der Waals surface area contributed by atoms with E-state index in [2.05, 4.69) is 10.3 Å². The number of rotatable bonds is 3. The number of amides is 1. The molecule has 0 aliphatic rings. The fraction of sp³-hybridized carbons (Fsp3) is 0.222. The highest BCUT2D eigenvalue weighted by atomic mass is 32.2. The van der Waals surface area contributed by atoms with Gasteiger partial charge in [-0.05, 0) is 12.1 Å². The van der Waals surface area contributed by atoms with E-state index in [0.717, 1.165) is 11.8 Å². The van der Waals surface area contributed by atoms with Crippen LogP contribution in [0.3, 0.4) is 0 Å². The Balaban J connectivity index is 2.38. The molecule has 5 heteroatoms. The maximum absolute atomic E-state index is 11.2. The van der Waals surface area contributed by atoms with Crippen LogP contribution in [-0.4, -0.2) is 21.8 Å². The van der Waals surface area contributed by atoms with Crippen LogP contribution in [0.1, 0.15) is 6.92 Å². The van der Waals surface area contributed by atoms with Crippen molar-refractivity contribution in [3.63, 3.8) is 0 Å². The number of aromatic nitrogens is 1. The Morgan fingerprint density at radius 1 is 1.50 bits per heavy atom. The van der Waals surface area contributed by atoms with Gasteiger partial charge < -0.3 is 5.32 Å². The van der Waals surface area contributed by atoms with Crippen LogP contribution in [0.5, 0.6) is 0 Å². The summed E-state index contributed by atoms with van der Waals surface area (Å²) in [6.07, 6.45) is 1.59. The number of hydrogen-bond donors (Lipinski definition) is 1. The molecule has 74 valence electrons. The van der Waals surface area contributed by atoms with Crippen LogP contribution in [0, 0.1) is 0 Å². The second-order valence-corrected chi connectivity index (χ2v) is 3.70. The molecular weight excluding hydrogens is 200 g/mol. The quantitative estimate of drug-likeness (QED) is 0.817. The summed E-state index contributed by atoms with van der Waals surface area (Å²) in [7, 11) is 0. The van der Waals surface area contributed by atoms with E-state index in [1.54, 1.807) is 24.4 Å². The molecule has 4 nitrogen and oxygen atoms in total. The standard InChI is InChI=1S/C9H10N2O2S/c1-7(12)14-6-9(13)11-8-4-2-3-5-10-8/h2-5H,6H2,1H3,(H,10,11,13). The molecule has 0 saturated heterocycles. The Bertz CT molecular complexity index is 327. The molecule has 0 unspecified atom stereocenters. The van der Waals surface area contributed by atoms with Gasteiger partial charge in [0.15, 0.2) is 5.12 Å². The van der Waals surface area contributed by atoms with Crippen molar-refractivity contribution in [2.45, 2.75) is 6.92 Å². The van der Waals surface area contributed by atoms with E-state index in [0.29, 0.717) is 5.82 Å². The van der Waals surface area contributed by atoms with Gasteiger partial charge in [-0.15, -0.1) is 0 Å². The average Bonchev–Trinajstić information content (AvgIpc) is 2.16. The highest BCUT2D eigenvalue weighted by Crippen LogP contribution is 2.04. The number of nitrogens with one attached hydrogen (secondary N) is 1. The zero-order valence-electron chi connectivity index (χ0n) is 7.69. The molecule has 0 bridgehead atoms. The van der Waals surface area contributed by atoms with Crippen LogP contribution in [0.25, 0.3) is 0 Å². The lowest BCUT2D eigenvalue weighted by atomic mass is 10.4. The minimum atomic E-state index is -0.219. The Kier molecular flexibility index (Phi) is 4.12. The highest BCUT2D eigenvalue weighted by Gasteiger charge is 2.04. The van der Waals surface area contributed by atoms with Crippen LogP contribution in [-0.2, 0) is 9.59 Å². The first-order chi connectivity index (χ1) is 6.68. The average molecular weight is 210 g/mol. The van der Waals surface area contributed by atoms with Crippen LogP contribution in [0.2, 0.25) is 0 Å². The fourth-order valence-corrected chi connectivity index (χ4v) is 1.19. The van der Waals surface area contributed by atoms with Gasteiger partial charge in [-0.3, -0.25) is 9.59 Å². The molecule has 0 saturated carbocycles. The van der Waals surface area contributed by atoms with Crippen molar-refractivity contribution >= 4 is 28.6 Å². The molecule has 14 heavy (non-hydrogen) atoms. The third-order valence-corrected chi connectivity index (χ3v) is 2.15. The van der Waals surface area contributed by atoms with Crippen molar-refractivity contribution in [1.82, 2.24) is 4.98 Å². The largest absolute Gasteiger partial charge is 0.310 e. The Morgan fingerprint density at radius 2 is 2.29 bits per heavy atom. The van der Waals surface area contributed by atoms with Crippen molar-refractivity contribution < 1.29 is 9.59 Å². The van der Waals surface area contributed by atoms with E-state index in [1.807, 2.05) is 0 Å². The van der Waals surface area contributed by atoms with Crippen molar-refractivity contribution in [2.24, 2.45) is 0 Å². The Labute approximate surface area is 86.1 Å². The topological polar surface area (TPSA) is 59.1 Å². The van der Waals surface area contributed by atoms with Gasteiger partial charge in [-0.1, -0.05) is 17.8 Å². The van der Waals surface area contributed by atoms with Crippen LogP contribution in [0.4, 0.5) is 5.82 Å². The molecule has 0 aliphatic heterocycles. The van der Waals surface area contributed by atoms with E-state index in [1.165, 1.54) is 6.92 Å². The van der Waals surface area contributed by atoms with Gasteiger partial charge in [-0.2, -0.15) is 0 Å². The number of carbonyl (C=O) groups is 2. The molecule has 0 spiro atoms. The molecule has 1 rings (SSSR count). The first kappa shape index (κ1) is 10.7. The number of hydrogen-bond acceptors (Lipinski definition) is 4. The van der Waals surface area contributed by atoms with E-state index in [9.17, 15) is 9.59 Å². The van der Waals surface area contributed by atoms with Gasteiger partial charge in [-0.25, -0.2) is 4.98 Å². The van der Waals surface area contributed by atoms with Crippen LogP contribution in [0.15, 0.2) is 24.4 Å². The van der Waals surface area contributed by atoms with Crippen molar-refractivity contribution in [3.05, 3.63) is 24.4 Å². The number of pyridine rings is 1. The fourth-order valence-electron chi connectivity index (χ4n) is 0.783. The van der Waals surface area contributed by atoms with Crippen LogP contribution < -0.4 is 5.32 Å². The monoisotopic (exact) mass is 210 g/mol. The summed E-state index contributed by atoms with van der Waals surface area (Å²) in [6.45, 7) is 1.43. The second kappa shape index (κ2) is 5.39. The zero-order valence-corrected chi connectivity index (χ0v) is 8.50. The molecule has 0 atom stereocenters. The van der Waals surface area contributed by atoms with Crippen LogP contribution >= 0.6 is 11.8 Å².